The summed E-state index contributed by atoms with van der Waals surface area (Å²) in [6, 6.07) is 11.9. The summed E-state index contributed by atoms with van der Waals surface area (Å²) in [7, 11) is 1.64. The molecule has 1 heterocycles. The minimum atomic E-state index is -0.331. The molecule has 1 aliphatic rings. The topological polar surface area (TPSA) is 35.5 Å². The van der Waals surface area contributed by atoms with Crippen LogP contribution in [0.1, 0.15) is 27.8 Å². The van der Waals surface area contributed by atoms with E-state index in [0.29, 0.717) is 11.3 Å². The van der Waals surface area contributed by atoms with Gasteiger partial charge in [-0.3, -0.25) is 0 Å². The molecule has 0 spiro atoms. The van der Waals surface area contributed by atoms with Crippen molar-refractivity contribution in [1.82, 2.24) is 0 Å². The Morgan fingerprint density at radius 2 is 1.71 bits per heavy atom. The van der Waals surface area contributed by atoms with Crippen LogP contribution < -0.4 is 4.74 Å². The molecule has 2 aromatic rings. The second-order valence-electron chi connectivity index (χ2n) is 6.03. The maximum atomic E-state index is 12.2. The number of methoxy groups -OCH3 is 1. The molecule has 0 aliphatic carbocycles. The molecule has 0 amide bonds. The van der Waals surface area contributed by atoms with Crippen LogP contribution in [0.15, 0.2) is 48.0 Å². The van der Waals surface area contributed by atoms with Gasteiger partial charge >= 0.3 is 5.97 Å². The van der Waals surface area contributed by atoms with Crippen molar-refractivity contribution in [2.45, 2.75) is 20.8 Å². The SMILES string of the molecule is COc1cc(/C=C2\C=C(c3ccc(C)c(C)c3)OC2=O)ccc1C. The first-order chi connectivity index (χ1) is 11.5. The lowest BCUT2D eigenvalue weighted by molar-refractivity contribution is -0.130. The highest BCUT2D eigenvalue weighted by Crippen LogP contribution is 2.29. The zero-order valence-electron chi connectivity index (χ0n) is 14.3. The van der Waals surface area contributed by atoms with E-state index in [1.165, 1.54) is 11.1 Å². The Kier molecular flexibility index (Phi) is 4.26. The maximum absolute atomic E-state index is 12.2. The van der Waals surface area contributed by atoms with E-state index in [2.05, 4.69) is 6.92 Å². The largest absolute Gasteiger partial charge is 0.496 e. The maximum Gasteiger partial charge on any atom is 0.343 e. The molecule has 122 valence electrons. The molecule has 0 bridgehead atoms. The molecule has 0 aromatic heterocycles. The number of carbonyl (C=O) groups excluding carboxylic acids is 1. The molecule has 3 rings (SSSR count). The van der Waals surface area contributed by atoms with Crippen LogP contribution in [0.25, 0.3) is 11.8 Å². The summed E-state index contributed by atoms with van der Waals surface area (Å²) >= 11 is 0. The van der Waals surface area contributed by atoms with Gasteiger partial charge in [-0.2, -0.15) is 0 Å². The lowest BCUT2D eigenvalue weighted by Crippen LogP contribution is -1.97. The number of benzene rings is 2. The second-order valence-corrected chi connectivity index (χ2v) is 6.03. The van der Waals surface area contributed by atoms with E-state index >= 15 is 0 Å². The Bertz CT molecular complexity index is 873. The summed E-state index contributed by atoms with van der Waals surface area (Å²) in [6.07, 6.45) is 3.61. The van der Waals surface area contributed by atoms with Crippen molar-refractivity contribution in [3.63, 3.8) is 0 Å². The fourth-order valence-electron chi connectivity index (χ4n) is 2.63. The first-order valence-corrected chi connectivity index (χ1v) is 7.86. The van der Waals surface area contributed by atoms with Gasteiger partial charge in [0.1, 0.15) is 11.5 Å². The molecule has 0 N–H and O–H groups in total. The van der Waals surface area contributed by atoms with Crippen molar-refractivity contribution < 1.29 is 14.3 Å². The minimum Gasteiger partial charge on any atom is -0.496 e. The Hall–Kier alpha value is -2.81. The molecule has 24 heavy (non-hydrogen) atoms. The van der Waals surface area contributed by atoms with Crippen LogP contribution in [0, 0.1) is 20.8 Å². The number of rotatable bonds is 3. The van der Waals surface area contributed by atoms with Crippen molar-refractivity contribution in [1.29, 1.82) is 0 Å². The van der Waals surface area contributed by atoms with Gasteiger partial charge < -0.3 is 9.47 Å². The van der Waals surface area contributed by atoms with Gasteiger partial charge in [0.2, 0.25) is 0 Å². The number of hydrogen-bond donors (Lipinski definition) is 0. The molecule has 0 unspecified atom stereocenters. The number of hydrogen-bond acceptors (Lipinski definition) is 3. The Balaban J connectivity index is 1.95. The van der Waals surface area contributed by atoms with Crippen molar-refractivity contribution in [3.05, 3.63) is 75.9 Å². The zero-order chi connectivity index (χ0) is 17.3. The molecular weight excluding hydrogens is 300 g/mol. The summed E-state index contributed by atoms with van der Waals surface area (Å²) in [6.45, 7) is 6.09. The fourth-order valence-corrected chi connectivity index (χ4v) is 2.63. The Labute approximate surface area is 142 Å². The van der Waals surface area contributed by atoms with Crippen LogP contribution in [-0.4, -0.2) is 13.1 Å². The van der Waals surface area contributed by atoms with Crippen LogP contribution in [0.4, 0.5) is 0 Å². The van der Waals surface area contributed by atoms with Gasteiger partial charge in [-0.05, 0) is 67.3 Å². The number of ether oxygens (including phenoxy) is 2. The number of carbonyl (C=O) groups is 1. The average molecular weight is 320 g/mol. The summed E-state index contributed by atoms with van der Waals surface area (Å²) in [5.74, 6) is 1.06. The normalized spacial score (nSPS) is 15.4. The predicted octanol–water partition coefficient (Wildman–Crippen LogP) is 4.60. The van der Waals surface area contributed by atoms with Gasteiger partial charge in [0.15, 0.2) is 0 Å². The molecule has 0 radical (unpaired) electrons. The van der Waals surface area contributed by atoms with E-state index in [0.717, 1.165) is 22.4 Å². The Morgan fingerprint density at radius 3 is 2.42 bits per heavy atom. The highest BCUT2D eigenvalue weighted by atomic mass is 16.5. The first kappa shape index (κ1) is 16.1. The molecule has 0 atom stereocenters. The summed E-state index contributed by atoms with van der Waals surface area (Å²) in [4.78, 5) is 12.2. The third kappa shape index (κ3) is 3.11. The van der Waals surface area contributed by atoms with Crippen LogP contribution in [0.3, 0.4) is 0 Å². The van der Waals surface area contributed by atoms with Crippen molar-refractivity contribution in [2.24, 2.45) is 0 Å². The van der Waals surface area contributed by atoms with Gasteiger partial charge in [-0.25, -0.2) is 4.79 Å². The fraction of sp³-hybridized carbons (Fsp3) is 0.190. The van der Waals surface area contributed by atoms with E-state index in [1.807, 2.05) is 56.3 Å². The van der Waals surface area contributed by atoms with Gasteiger partial charge in [-0.1, -0.05) is 24.3 Å². The van der Waals surface area contributed by atoms with Gasteiger partial charge in [0, 0.05) is 5.56 Å². The van der Waals surface area contributed by atoms with Gasteiger partial charge in [0.25, 0.3) is 0 Å². The van der Waals surface area contributed by atoms with E-state index in [4.69, 9.17) is 9.47 Å². The first-order valence-electron chi connectivity index (χ1n) is 7.86. The molecule has 3 heteroatoms. The minimum absolute atomic E-state index is 0.331. The number of esters is 1. The molecule has 0 saturated heterocycles. The van der Waals surface area contributed by atoms with Crippen molar-refractivity contribution >= 4 is 17.8 Å². The third-order valence-electron chi connectivity index (χ3n) is 4.27. The highest BCUT2D eigenvalue weighted by Gasteiger charge is 2.22. The average Bonchev–Trinajstić information content (AvgIpc) is 2.92. The van der Waals surface area contributed by atoms with Crippen LogP contribution in [-0.2, 0) is 9.53 Å². The Morgan fingerprint density at radius 1 is 0.958 bits per heavy atom. The van der Waals surface area contributed by atoms with Crippen molar-refractivity contribution in [3.8, 4) is 5.75 Å². The highest BCUT2D eigenvalue weighted by molar-refractivity contribution is 6.05. The number of aryl methyl sites for hydroxylation is 3. The monoisotopic (exact) mass is 320 g/mol. The summed E-state index contributed by atoms with van der Waals surface area (Å²) < 4.78 is 10.8. The predicted molar refractivity (Wildman–Crippen MR) is 95.7 cm³/mol. The molecule has 3 nitrogen and oxygen atoms in total. The lowest BCUT2D eigenvalue weighted by Gasteiger charge is -2.05. The van der Waals surface area contributed by atoms with Crippen LogP contribution in [0.5, 0.6) is 5.75 Å². The van der Waals surface area contributed by atoms with E-state index in [-0.39, 0.29) is 5.97 Å². The zero-order valence-corrected chi connectivity index (χ0v) is 14.3. The van der Waals surface area contributed by atoms with E-state index < -0.39 is 0 Å². The van der Waals surface area contributed by atoms with Crippen LogP contribution >= 0.6 is 0 Å². The molecule has 0 fully saturated rings. The second kappa shape index (κ2) is 6.36. The molecular formula is C21H20O3. The number of cyclic esters (lactones) is 1. The third-order valence-corrected chi connectivity index (χ3v) is 4.27. The van der Waals surface area contributed by atoms with E-state index in [9.17, 15) is 4.79 Å². The molecule has 1 aliphatic heterocycles. The lowest BCUT2D eigenvalue weighted by atomic mass is 10.0. The standard InChI is InChI=1S/C21H20O3/c1-13-6-8-17(9-15(13)3)20-12-18(21(22)24-20)10-16-7-5-14(2)19(11-16)23-4/h5-12H,1-4H3/b18-10+. The smallest absolute Gasteiger partial charge is 0.343 e. The van der Waals surface area contributed by atoms with Gasteiger partial charge in [-0.15, -0.1) is 0 Å². The molecule has 2 aromatic carbocycles. The van der Waals surface area contributed by atoms with Gasteiger partial charge in [0.05, 0.1) is 12.7 Å². The van der Waals surface area contributed by atoms with Crippen LogP contribution in [0.2, 0.25) is 0 Å². The molecule has 0 saturated carbocycles. The van der Waals surface area contributed by atoms with E-state index in [1.54, 1.807) is 13.2 Å². The van der Waals surface area contributed by atoms with Crippen molar-refractivity contribution in [2.75, 3.05) is 7.11 Å². The quantitative estimate of drug-likeness (QED) is 0.612. The summed E-state index contributed by atoms with van der Waals surface area (Å²) in [5.41, 5.74) is 5.80. The summed E-state index contributed by atoms with van der Waals surface area (Å²) in [5, 5.41) is 0.